The van der Waals surface area contributed by atoms with Crippen LogP contribution in [0.5, 0.6) is 0 Å². The van der Waals surface area contributed by atoms with E-state index in [0.29, 0.717) is 25.7 Å². The molecule has 14 heavy (non-hydrogen) atoms. The van der Waals surface area contributed by atoms with E-state index in [1.165, 1.54) is 4.90 Å². The van der Waals surface area contributed by atoms with Crippen LogP contribution in [0.25, 0.3) is 0 Å². The summed E-state index contributed by atoms with van der Waals surface area (Å²) < 4.78 is 0. The molecule has 1 rings (SSSR count). The lowest BCUT2D eigenvalue weighted by Crippen LogP contribution is -2.45. The minimum atomic E-state index is -0.800. The van der Waals surface area contributed by atoms with Crippen LogP contribution in [-0.2, 0) is 9.59 Å². The van der Waals surface area contributed by atoms with Crippen molar-refractivity contribution in [1.82, 2.24) is 4.90 Å². The van der Waals surface area contributed by atoms with E-state index in [0.717, 1.165) is 0 Å². The smallest absolute Gasteiger partial charge is 0.225 e. The summed E-state index contributed by atoms with van der Waals surface area (Å²) in [6, 6.07) is -0.387. The zero-order chi connectivity index (χ0) is 10.7. The maximum absolute atomic E-state index is 11.5. The van der Waals surface area contributed by atoms with Crippen LogP contribution in [0.4, 0.5) is 0 Å². The van der Waals surface area contributed by atoms with Crippen LogP contribution in [0.15, 0.2) is 0 Å². The Hall–Kier alpha value is -0.900. The summed E-state index contributed by atoms with van der Waals surface area (Å²) in [5.74, 6) is -0.0606. The quantitative estimate of drug-likeness (QED) is 0.724. The number of ketones is 1. The highest BCUT2D eigenvalue weighted by molar-refractivity contribution is 5.92. The largest absolute Gasteiger partial charge is 0.374 e. The van der Waals surface area contributed by atoms with Crippen LogP contribution in [0, 0.1) is 0 Å². The Morgan fingerprint density at radius 3 is 2.79 bits per heavy atom. The van der Waals surface area contributed by atoms with E-state index >= 15 is 0 Å². The molecule has 1 heterocycles. The molecule has 0 aromatic carbocycles. The summed E-state index contributed by atoms with van der Waals surface area (Å²) in [4.78, 5) is 24.2. The lowest BCUT2D eigenvalue weighted by Gasteiger charge is -2.27. The number of aliphatic hydroxyl groups is 1. The molecule has 0 aliphatic carbocycles. The number of Topliss-reactive ketones (excluding diaryl/α,β-unsaturated/α-hetero) is 1. The monoisotopic (exact) mass is 199 g/mol. The van der Waals surface area contributed by atoms with E-state index in [2.05, 4.69) is 0 Å². The van der Waals surface area contributed by atoms with E-state index in [9.17, 15) is 14.7 Å². The molecule has 80 valence electrons. The Balaban J connectivity index is 2.76. The summed E-state index contributed by atoms with van der Waals surface area (Å²) in [6.07, 6.45) is 1.03. The Bertz CT molecular complexity index is 238. The molecule has 4 nitrogen and oxygen atoms in total. The maximum atomic E-state index is 11.5. The van der Waals surface area contributed by atoms with Gasteiger partial charge in [-0.1, -0.05) is 13.8 Å². The topological polar surface area (TPSA) is 57.6 Å². The molecule has 1 saturated heterocycles. The van der Waals surface area contributed by atoms with Crippen molar-refractivity contribution in [3.05, 3.63) is 0 Å². The lowest BCUT2D eigenvalue weighted by molar-refractivity contribution is -0.144. The first kappa shape index (κ1) is 11.2. The first-order valence-corrected chi connectivity index (χ1v) is 5.13. The normalized spacial score (nSPS) is 24.1. The summed E-state index contributed by atoms with van der Waals surface area (Å²) in [5, 5.41) is 9.60. The number of amides is 1. The highest BCUT2D eigenvalue weighted by atomic mass is 16.3. The predicted octanol–water partition coefficient (Wildman–Crippen LogP) is 0.685. The minimum absolute atomic E-state index is 0.0448. The van der Waals surface area contributed by atoms with Crippen LogP contribution in [0.1, 0.15) is 39.5 Å². The molecule has 0 spiro atoms. The summed E-state index contributed by atoms with van der Waals surface area (Å²) in [5.41, 5.74) is 0. The molecule has 4 heteroatoms. The molecule has 1 aliphatic heterocycles. The number of rotatable bonds is 4. The van der Waals surface area contributed by atoms with Gasteiger partial charge in [-0.3, -0.25) is 9.59 Å². The maximum Gasteiger partial charge on any atom is 0.225 e. The zero-order valence-electron chi connectivity index (χ0n) is 8.69. The first-order valence-electron chi connectivity index (χ1n) is 5.13. The molecule has 0 aromatic rings. The number of hydrogen-bond acceptors (Lipinski definition) is 3. The van der Waals surface area contributed by atoms with Crippen molar-refractivity contribution < 1.29 is 14.7 Å². The molecule has 1 aliphatic rings. The molecule has 2 unspecified atom stereocenters. The minimum Gasteiger partial charge on any atom is -0.374 e. The third kappa shape index (κ3) is 1.95. The number of aliphatic hydroxyl groups excluding tert-OH is 1. The zero-order valence-corrected chi connectivity index (χ0v) is 8.69. The molecule has 0 bridgehead atoms. The van der Waals surface area contributed by atoms with Gasteiger partial charge in [0.2, 0.25) is 5.91 Å². The van der Waals surface area contributed by atoms with Gasteiger partial charge >= 0.3 is 0 Å². The van der Waals surface area contributed by atoms with Crippen LogP contribution >= 0.6 is 0 Å². The second-order valence-electron chi connectivity index (χ2n) is 3.56. The molecular weight excluding hydrogens is 182 g/mol. The van der Waals surface area contributed by atoms with Crippen molar-refractivity contribution in [1.29, 1.82) is 0 Å². The summed E-state index contributed by atoms with van der Waals surface area (Å²) in [7, 11) is 0. The van der Waals surface area contributed by atoms with Gasteiger partial charge in [-0.15, -0.1) is 0 Å². The van der Waals surface area contributed by atoms with E-state index in [1.807, 2.05) is 0 Å². The summed E-state index contributed by atoms with van der Waals surface area (Å²) in [6.45, 7) is 3.57. The van der Waals surface area contributed by atoms with Gasteiger partial charge in [0.15, 0.2) is 5.78 Å². The molecule has 0 aromatic heterocycles. The SMILES string of the molecule is CCC(=O)C1CCC(=O)N1C(O)CC. The van der Waals surface area contributed by atoms with Gasteiger partial charge in [0.05, 0.1) is 6.04 Å². The Labute approximate surface area is 83.9 Å². The fraction of sp³-hybridized carbons (Fsp3) is 0.800. The van der Waals surface area contributed by atoms with Gasteiger partial charge in [-0.2, -0.15) is 0 Å². The van der Waals surface area contributed by atoms with E-state index in [4.69, 9.17) is 0 Å². The third-order valence-corrected chi connectivity index (χ3v) is 2.66. The molecule has 1 amide bonds. The van der Waals surface area contributed by atoms with Crippen LogP contribution < -0.4 is 0 Å². The van der Waals surface area contributed by atoms with Crippen LogP contribution in [-0.4, -0.2) is 34.0 Å². The molecule has 2 atom stereocenters. The number of nitrogens with zero attached hydrogens (tertiary/aromatic N) is 1. The number of hydrogen-bond donors (Lipinski definition) is 1. The van der Waals surface area contributed by atoms with Crippen molar-refractivity contribution in [3.8, 4) is 0 Å². The van der Waals surface area contributed by atoms with E-state index < -0.39 is 6.23 Å². The van der Waals surface area contributed by atoms with E-state index in [1.54, 1.807) is 13.8 Å². The standard InChI is InChI=1S/C10H17NO3/c1-3-8(12)7-5-6-10(14)11(7)9(13)4-2/h7,9,13H,3-6H2,1-2H3. The van der Waals surface area contributed by atoms with Crippen molar-refractivity contribution in [3.63, 3.8) is 0 Å². The highest BCUT2D eigenvalue weighted by Gasteiger charge is 2.37. The fourth-order valence-electron chi connectivity index (χ4n) is 1.82. The average Bonchev–Trinajstić information content (AvgIpc) is 2.58. The number of likely N-dealkylation sites (tertiary alicyclic amines) is 1. The van der Waals surface area contributed by atoms with Gasteiger partial charge in [0, 0.05) is 12.8 Å². The number of carbonyl (C=O) groups is 2. The van der Waals surface area contributed by atoms with Gasteiger partial charge in [0.1, 0.15) is 6.23 Å². The Morgan fingerprint density at radius 2 is 2.29 bits per heavy atom. The molecule has 0 radical (unpaired) electrons. The molecule has 1 fully saturated rings. The Kier molecular flexibility index (Phi) is 3.63. The van der Waals surface area contributed by atoms with Gasteiger partial charge in [-0.25, -0.2) is 0 Å². The predicted molar refractivity (Wildman–Crippen MR) is 51.5 cm³/mol. The van der Waals surface area contributed by atoms with Crippen molar-refractivity contribution in [2.45, 2.75) is 51.8 Å². The van der Waals surface area contributed by atoms with Gasteiger partial charge in [0.25, 0.3) is 0 Å². The van der Waals surface area contributed by atoms with E-state index in [-0.39, 0.29) is 17.7 Å². The van der Waals surface area contributed by atoms with Gasteiger partial charge < -0.3 is 10.0 Å². The second-order valence-corrected chi connectivity index (χ2v) is 3.56. The van der Waals surface area contributed by atoms with Crippen molar-refractivity contribution >= 4 is 11.7 Å². The molecule has 1 N–H and O–H groups in total. The molecule has 0 saturated carbocycles. The Morgan fingerprint density at radius 1 is 1.64 bits per heavy atom. The highest BCUT2D eigenvalue weighted by Crippen LogP contribution is 2.23. The third-order valence-electron chi connectivity index (χ3n) is 2.66. The first-order chi connectivity index (χ1) is 6.61. The van der Waals surface area contributed by atoms with Crippen LogP contribution in [0.3, 0.4) is 0 Å². The van der Waals surface area contributed by atoms with Crippen molar-refractivity contribution in [2.24, 2.45) is 0 Å². The summed E-state index contributed by atoms with van der Waals surface area (Å²) >= 11 is 0. The van der Waals surface area contributed by atoms with Gasteiger partial charge in [-0.05, 0) is 12.8 Å². The second kappa shape index (κ2) is 4.55. The van der Waals surface area contributed by atoms with Crippen molar-refractivity contribution in [2.75, 3.05) is 0 Å². The fourth-order valence-corrected chi connectivity index (χ4v) is 1.82. The lowest BCUT2D eigenvalue weighted by atomic mass is 10.1. The molecular formula is C10H17NO3. The average molecular weight is 199 g/mol. The number of carbonyl (C=O) groups excluding carboxylic acids is 2. The van der Waals surface area contributed by atoms with Crippen LogP contribution in [0.2, 0.25) is 0 Å².